The fraction of sp³-hybridized carbons (Fsp3) is 0.0833. The molecule has 1 aromatic heterocycles. The van der Waals surface area contributed by atoms with Crippen molar-refractivity contribution in [1.29, 1.82) is 0 Å². The number of anilines is 1. The summed E-state index contributed by atoms with van der Waals surface area (Å²) in [6.07, 6.45) is 1.41. The molecule has 9 heteroatoms. The average Bonchev–Trinajstić information content (AvgIpc) is 2.48. The quantitative estimate of drug-likeness (QED) is 0.756. The molecular weight excluding hydrogens is 401 g/mol. The second-order valence-electron chi connectivity index (χ2n) is 4.04. The number of rotatable bonds is 4. The van der Waals surface area contributed by atoms with E-state index < -0.39 is 10.0 Å². The highest BCUT2D eigenvalue weighted by atomic mass is 79.9. The lowest BCUT2D eigenvalue weighted by Crippen LogP contribution is -2.15. The van der Waals surface area contributed by atoms with E-state index in [9.17, 15) is 8.42 Å². The van der Waals surface area contributed by atoms with Gasteiger partial charge in [-0.2, -0.15) is 8.42 Å². The molecule has 0 unspecified atom stereocenters. The average molecular weight is 411 g/mol. The molecule has 0 amide bonds. The molecule has 0 saturated heterocycles. The minimum Gasteiger partial charge on any atom is -0.326 e. The lowest BCUT2D eigenvalue weighted by molar-refractivity contribution is 0.597. The first kappa shape index (κ1) is 16.5. The number of nitrogens with two attached hydrogens (primary N) is 1. The van der Waals surface area contributed by atoms with E-state index in [1.165, 1.54) is 18.3 Å². The summed E-state index contributed by atoms with van der Waals surface area (Å²) in [5, 5.41) is 0.200. The largest absolute Gasteiger partial charge is 0.326 e. The SMILES string of the molecule is NCc1ccc(S(=O)(=O)Nc2ccc(Br)c(Cl)c2Cl)nc1. The highest BCUT2D eigenvalue weighted by Gasteiger charge is 2.18. The summed E-state index contributed by atoms with van der Waals surface area (Å²) >= 11 is 15.2. The van der Waals surface area contributed by atoms with Crippen LogP contribution >= 0.6 is 39.1 Å². The van der Waals surface area contributed by atoms with Crippen LogP contribution in [0, 0.1) is 0 Å². The summed E-state index contributed by atoms with van der Waals surface area (Å²) in [4.78, 5) is 3.87. The summed E-state index contributed by atoms with van der Waals surface area (Å²) in [6.45, 7) is 0.287. The van der Waals surface area contributed by atoms with Crippen molar-refractivity contribution < 1.29 is 8.42 Å². The Bertz CT molecular complexity index is 767. The van der Waals surface area contributed by atoms with Crippen LogP contribution in [0.25, 0.3) is 0 Å². The summed E-state index contributed by atoms with van der Waals surface area (Å²) in [6, 6.07) is 6.07. The van der Waals surface area contributed by atoms with E-state index in [0.717, 1.165) is 5.56 Å². The molecule has 0 spiro atoms. The van der Waals surface area contributed by atoms with Gasteiger partial charge in [0.05, 0.1) is 15.7 Å². The molecule has 0 saturated carbocycles. The molecule has 0 atom stereocenters. The third kappa shape index (κ3) is 3.67. The van der Waals surface area contributed by atoms with E-state index in [4.69, 9.17) is 28.9 Å². The summed E-state index contributed by atoms with van der Waals surface area (Å²) in [7, 11) is -3.85. The monoisotopic (exact) mass is 409 g/mol. The Morgan fingerprint density at radius 2 is 1.90 bits per heavy atom. The van der Waals surface area contributed by atoms with Crippen molar-refractivity contribution in [1.82, 2.24) is 4.98 Å². The van der Waals surface area contributed by atoms with Gasteiger partial charge in [-0.25, -0.2) is 4.98 Å². The second-order valence-corrected chi connectivity index (χ2v) is 7.28. The van der Waals surface area contributed by atoms with Gasteiger partial charge in [-0.3, -0.25) is 4.72 Å². The maximum absolute atomic E-state index is 12.2. The molecule has 5 nitrogen and oxygen atoms in total. The Morgan fingerprint density at radius 1 is 1.19 bits per heavy atom. The molecule has 2 rings (SSSR count). The maximum Gasteiger partial charge on any atom is 0.279 e. The van der Waals surface area contributed by atoms with Crippen molar-refractivity contribution in [2.24, 2.45) is 5.73 Å². The first-order valence-corrected chi connectivity index (χ1v) is 8.69. The van der Waals surface area contributed by atoms with Gasteiger partial charge in [0.1, 0.15) is 0 Å². The van der Waals surface area contributed by atoms with E-state index >= 15 is 0 Å². The Morgan fingerprint density at radius 3 is 2.48 bits per heavy atom. The topological polar surface area (TPSA) is 85.1 Å². The minimum absolute atomic E-state index is 0.105. The second kappa shape index (κ2) is 6.50. The van der Waals surface area contributed by atoms with Crippen LogP contribution in [0.1, 0.15) is 5.56 Å². The number of pyridine rings is 1. The van der Waals surface area contributed by atoms with E-state index in [0.29, 0.717) is 4.47 Å². The third-order valence-corrected chi connectivity index (χ3v) is 5.64. The van der Waals surface area contributed by atoms with Crippen molar-refractivity contribution in [2.45, 2.75) is 11.6 Å². The van der Waals surface area contributed by atoms with Gasteiger partial charge >= 0.3 is 0 Å². The van der Waals surface area contributed by atoms with Crippen molar-refractivity contribution in [3.63, 3.8) is 0 Å². The summed E-state index contributed by atoms with van der Waals surface area (Å²) in [5.74, 6) is 0. The van der Waals surface area contributed by atoms with Crippen LogP contribution in [0.4, 0.5) is 5.69 Å². The van der Waals surface area contributed by atoms with Crippen LogP contribution in [-0.2, 0) is 16.6 Å². The maximum atomic E-state index is 12.2. The summed E-state index contributed by atoms with van der Waals surface area (Å²) in [5.41, 5.74) is 6.35. The number of aromatic nitrogens is 1. The Labute approximate surface area is 140 Å². The zero-order valence-electron chi connectivity index (χ0n) is 10.5. The molecule has 3 N–H and O–H groups in total. The summed E-state index contributed by atoms with van der Waals surface area (Å²) < 4.78 is 27.4. The predicted octanol–water partition coefficient (Wildman–Crippen LogP) is 3.41. The van der Waals surface area contributed by atoms with Crippen LogP contribution in [0.5, 0.6) is 0 Å². The Kier molecular flexibility index (Phi) is 5.11. The Hall–Kier alpha value is -0.860. The molecule has 0 aliphatic rings. The van der Waals surface area contributed by atoms with Crippen LogP contribution in [0.2, 0.25) is 10.0 Å². The number of hydrogen-bond donors (Lipinski definition) is 2. The number of nitrogens with one attached hydrogen (secondary N) is 1. The number of hydrogen-bond acceptors (Lipinski definition) is 4. The number of sulfonamides is 1. The molecule has 21 heavy (non-hydrogen) atoms. The fourth-order valence-electron chi connectivity index (χ4n) is 1.49. The van der Waals surface area contributed by atoms with E-state index in [-0.39, 0.29) is 27.3 Å². The van der Waals surface area contributed by atoms with Crippen molar-refractivity contribution in [3.8, 4) is 0 Å². The standard InChI is InChI=1S/C12H10BrCl2N3O2S/c13-8-2-3-9(12(15)11(8)14)18-21(19,20)10-4-1-7(5-16)6-17-10/h1-4,6,18H,5,16H2. The first-order chi connectivity index (χ1) is 9.85. The molecule has 0 radical (unpaired) electrons. The zero-order chi connectivity index (χ0) is 15.6. The molecule has 2 aromatic rings. The van der Waals surface area contributed by atoms with E-state index in [2.05, 4.69) is 25.6 Å². The zero-order valence-corrected chi connectivity index (χ0v) is 14.4. The smallest absolute Gasteiger partial charge is 0.279 e. The molecule has 0 bridgehead atoms. The van der Waals surface area contributed by atoms with Gasteiger partial charge in [0.2, 0.25) is 0 Å². The van der Waals surface area contributed by atoms with Crippen molar-refractivity contribution in [2.75, 3.05) is 4.72 Å². The fourth-order valence-corrected chi connectivity index (χ4v) is 3.37. The van der Waals surface area contributed by atoms with Crippen LogP contribution in [0.3, 0.4) is 0 Å². The molecule has 1 heterocycles. The molecule has 0 aliphatic carbocycles. The van der Waals surface area contributed by atoms with Gasteiger partial charge in [0.15, 0.2) is 5.03 Å². The van der Waals surface area contributed by atoms with Gasteiger partial charge in [-0.05, 0) is 39.7 Å². The van der Waals surface area contributed by atoms with Gasteiger partial charge in [-0.1, -0.05) is 29.3 Å². The molecule has 0 aliphatic heterocycles. The number of nitrogens with zero attached hydrogens (tertiary/aromatic N) is 1. The van der Waals surface area contributed by atoms with Gasteiger partial charge < -0.3 is 5.73 Å². The highest BCUT2D eigenvalue weighted by molar-refractivity contribution is 9.10. The molecule has 112 valence electrons. The molecule has 1 aromatic carbocycles. The van der Waals surface area contributed by atoms with Gasteiger partial charge in [0, 0.05) is 17.2 Å². The predicted molar refractivity (Wildman–Crippen MR) is 87.1 cm³/mol. The molecule has 0 fully saturated rings. The molecular formula is C12H10BrCl2N3O2S. The third-order valence-electron chi connectivity index (χ3n) is 2.59. The lowest BCUT2D eigenvalue weighted by atomic mass is 10.3. The van der Waals surface area contributed by atoms with Crippen LogP contribution in [-0.4, -0.2) is 13.4 Å². The minimum atomic E-state index is -3.85. The van der Waals surface area contributed by atoms with E-state index in [1.807, 2.05) is 0 Å². The normalized spacial score (nSPS) is 11.4. The van der Waals surface area contributed by atoms with Crippen molar-refractivity contribution in [3.05, 3.63) is 50.5 Å². The van der Waals surface area contributed by atoms with E-state index in [1.54, 1.807) is 12.1 Å². The number of benzene rings is 1. The first-order valence-electron chi connectivity index (χ1n) is 5.66. The number of halogens is 3. The van der Waals surface area contributed by atoms with Crippen LogP contribution < -0.4 is 10.5 Å². The van der Waals surface area contributed by atoms with Gasteiger partial charge in [-0.15, -0.1) is 0 Å². The lowest BCUT2D eigenvalue weighted by Gasteiger charge is -2.11. The van der Waals surface area contributed by atoms with Gasteiger partial charge in [0.25, 0.3) is 10.0 Å². The highest BCUT2D eigenvalue weighted by Crippen LogP contribution is 2.36. The van der Waals surface area contributed by atoms with Crippen LogP contribution in [0.15, 0.2) is 40.0 Å². The van der Waals surface area contributed by atoms with Crippen molar-refractivity contribution >= 4 is 54.8 Å². The Balaban J connectivity index is 2.35.